The van der Waals surface area contributed by atoms with Gasteiger partial charge in [0.25, 0.3) is 5.89 Å². The average Bonchev–Trinajstić information content (AvgIpc) is 3.31. The van der Waals surface area contributed by atoms with Crippen LogP contribution < -0.4 is 9.47 Å². The summed E-state index contributed by atoms with van der Waals surface area (Å²) in [6, 6.07) is 7.83. The maximum absolute atomic E-state index is 14.4. The topological polar surface area (TPSA) is 86.1 Å². The van der Waals surface area contributed by atoms with Gasteiger partial charge in [-0.2, -0.15) is 0 Å². The molecule has 0 bridgehead atoms. The number of fused-ring (bicyclic) bond motifs is 1. The number of hydrogen-bond donors (Lipinski definition) is 1. The van der Waals surface area contributed by atoms with Crippen LogP contribution in [0.25, 0.3) is 27.6 Å². The Kier molecular flexibility index (Phi) is 4.38. The van der Waals surface area contributed by atoms with Crippen molar-refractivity contribution in [2.24, 2.45) is 0 Å². The Morgan fingerprint density at radius 3 is 2.68 bits per heavy atom. The lowest BCUT2D eigenvalue weighted by Crippen LogP contribution is -2.17. The number of rotatable bonds is 6. The largest absolute Gasteiger partial charge is 0.573 e. The summed E-state index contributed by atoms with van der Waals surface area (Å²) < 4.78 is 66.3. The van der Waals surface area contributed by atoms with Crippen molar-refractivity contribution in [2.45, 2.75) is 19.4 Å². The second-order valence-electron chi connectivity index (χ2n) is 6.70. The van der Waals surface area contributed by atoms with Gasteiger partial charge in [-0.25, -0.2) is 4.39 Å². The van der Waals surface area contributed by atoms with Crippen LogP contribution in [0.2, 0.25) is 0 Å². The summed E-state index contributed by atoms with van der Waals surface area (Å²) in [6.45, 7) is -0.0116. The van der Waals surface area contributed by atoms with Crippen molar-refractivity contribution in [3.63, 3.8) is 0 Å². The van der Waals surface area contributed by atoms with Crippen LogP contribution in [0, 0.1) is 5.82 Å². The van der Waals surface area contributed by atoms with Crippen LogP contribution in [0.5, 0.6) is 11.6 Å². The highest BCUT2D eigenvalue weighted by atomic mass is 19.4. The Labute approximate surface area is 171 Å². The molecule has 31 heavy (non-hydrogen) atoms. The van der Waals surface area contributed by atoms with Crippen LogP contribution in [0.4, 0.5) is 17.6 Å². The summed E-state index contributed by atoms with van der Waals surface area (Å²) in [5.41, 5.74) is 2.14. The minimum Gasteiger partial charge on any atom is -0.466 e. The van der Waals surface area contributed by atoms with E-state index in [1.165, 1.54) is 6.07 Å². The molecule has 2 aromatic carbocycles. The molecule has 2 heterocycles. The highest BCUT2D eigenvalue weighted by Gasteiger charge is 2.31. The van der Waals surface area contributed by atoms with E-state index in [0.717, 1.165) is 18.1 Å². The summed E-state index contributed by atoms with van der Waals surface area (Å²) in [7, 11) is 0. The number of halogens is 4. The van der Waals surface area contributed by atoms with E-state index in [0.29, 0.717) is 28.4 Å². The van der Waals surface area contributed by atoms with Gasteiger partial charge in [0.15, 0.2) is 6.61 Å². The first-order valence-electron chi connectivity index (χ1n) is 9.04. The number of benzene rings is 2. The normalized spacial score (nSPS) is 13.4. The third kappa shape index (κ3) is 4.06. The van der Waals surface area contributed by atoms with Gasteiger partial charge in [0.05, 0.1) is 10.9 Å². The van der Waals surface area contributed by atoms with Gasteiger partial charge in [-0.15, -0.1) is 28.5 Å². The molecule has 1 aliphatic rings. The molecular formula is C20H12F4N4O3. The molecule has 0 unspecified atom stereocenters. The first kappa shape index (κ1) is 19.1. The Bertz CT molecular complexity index is 1310. The van der Waals surface area contributed by atoms with Crippen LogP contribution >= 0.6 is 0 Å². The smallest absolute Gasteiger partial charge is 0.466 e. The Balaban J connectivity index is 1.38. The number of allylic oxidation sites excluding steroid dienone is 2. The van der Waals surface area contributed by atoms with Gasteiger partial charge >= 0.3 is 6.36 Å². The first-order chi connectivity index (χ1) is 14.9. The minimum absolute atomic E-state index is 0.0116. The molecule has 0 saturated heterocycles. The second kappa shape index (κ2) is 7.11. The van der Waals surface area contributed by atoms with E-state index in [9.17, 15) is 17.6 Å². The number of alkyl halides is 3. The van der Waals surface area contributed by atoms with Gasteiger partial charge in [0.1, 0.15) is 11.6 Å². The number of aromatic amines is 1. The Hall–Kier alpha value is -3.89. The average molecular weight is 432 g/mol. The SMILES string of the molecule is Fc1cc(OC(F)(F)F)ccc1-c1ccc2[nH]nc(OCc3nnc(C4=CC4)o3)c2c1. The Morgan fingerprint density at radius 1 is 1.10 bits per heavy atom. The van der Waals surface area contributed by atoms with E-state index in [4.69, 9.17) is 9.15 Å². The number of nitrogens with one attached hydrogen (secondary N) is 1. The van der Waals surface area contributed by atoms with E-state index in [1.54, 1.807) is 18.2 Å². The molecule has 11 heteroatoms. The molecule has 0 radical (unpaired) electrons. The van der Waals surface area contributed by atoms with Crippen molar-refractivity contribution in [2.75, 3.05) is 0 Å². The van der Waals surface area contributed by atoms with Crippen LogP contribution in [0.15, 0.2) is 46.9 Å². The molecule has 1 aliphatic carbocycles. The van der Waals surface area contributed by atoms with Crippen molar-refractivity contribution in [3.05, 3.63) is 60.1 Å². The minimum atomic E-state index is -4.90. The molecule has 0 spiro atoms. The van der Waals surface area contributed by atoms with Crippen LogP contribution in [0.1, 0.15) is 18.2 Å². The lowest BCUT2D eigenvalue weighted by molar-refractivity contribution is -0.274. The standard InChI is InChI=1S/C20H12F4N4O3/c21-15-8-12(31-20(22,23)24)4-5-13(15)11-3-6-16-14(7-11)19(28-25-16)29-9-17-26-27-18(30-17)10-1-2-10/h1,3-8H,2,9H2,(H,25,28). The lowest BCUT2D eigenvalue weighted by atomic mass is 10.0. The number of H-pyrrole nitrogens is 1. The van der Waals surface area contributed by atoms with Crippen molar-refractivity contribution >= 4 is 16.5 Å². The molecule has 2 aromatic heterocycles. The summed E-state index contributed by atoms with van der Waals surface area (Å²) in [4.78, 5) is 0. The zero-order valence-electron chi connectivity index (χ0n) is 15.5. The maximum atomic E-state index is 14.4. The first-order valence-corrected chi connectivity index (χ1v) is 9.04. The fourth-order valence-corrected chi connectivity index (χ4v) is 2.99. The predicted molar refractivity (Wildman–Crippen MR) is 99.4 cm³/mol. The van der Waals surface area contributed by atoms with E-state index >= 15 is 0 Å². The third-order valence-corrected chi connectivity index (χ3v) is 4.50. The van der Waals surface area contributed by atoms with Crippen LogP contribution in [-0.2, 0) is 6.61 Å². The number of aromatic nitrogens is 4. The predicted octanol–water partition coefficient (Wildman–Crippen LogP) is 5.02. The second-order valence-corrected chi connectivity index (χ2v) is 6.70. The fourth-order valence-electron chi connectivity index (χ4n) is 2.99. The van der Waals surface area contributed by atoms with Gasteiger partial charge in [-0.1, -0.05) is 12.1 Å². The van der Waals surface area contributed by atoms with Gasteiger partial charge in [0.2, 0.25) is 11.8 Å². The molecule has 1 N–H and O–H groups in total. The summed E-state index contributed by atoms with van der Waals surface area (Å²) in [6.07, 6.45) is -2.11. The van der Waals surface area contributed by atoms with E-state index in [2.05, 4.69) is 25.1 Å². The van der Waals surface area contributed by atoms with Gasteiger partial charge in [0, 0.05) is 17.2 Å². The molecule has 158 valence electrons. The third-order valence-electron chi connectivity index (χ3n) is 4.50. The zero-order valence-corrected chi connectivity index (χ0v) is 15.5. The highest BCUT2D eigenvalue weighted by molar-refractivity contribution is 5.88. The number of ether oxygens (including phenoxy) is 2. The molecule has 0 atom stereocenters. The van der Waals surface area contributed by atoms with Crippen molar-refractivity contribution in [1.29, 1.82) is 0 Å². The van der Waals surface area contributed by atoms with Crippen molar-refractivity contribution in [3.8, 4) is 22.8 Å². The Morgan fingerprint density at radius 2 is 1.94 bits per heavy atom. The molecule has 0 saturated carbocycles. The van der Waals surface area contributed by atoms with E-state index in [-0.39, 0.29) is 23.9 Å². The maximum Gasteiger partial charge on any atom is 0.573 e. The van der Waals surface area contributed by atoms with Gasteiger partial charge in [-0.3, -0.25) is 5.10 Å². The summed E-state index contributed by atoms with van der Waals surface area (Å²) >= 11 is 0. The highest BCUT2D eigenvalue weighted by Crippen LogP contribution is 2.33. The molecule has 4 aromatic rings. The molecule has 7 nitrogen and oxygen atoms in total. The molecular weight excluding hydrogens is 420 g/mol. The van der Waals surface area contributed by atoms with Gasteiger partial charge in [-0.05, 0) is 36.2 Å². The summed E-state index contributed by atoms with van der Waals surface area (Å²) in [5, 5.41) is 15.3. The molecule has 5 rings (SSSR count). The number of nitrogens with zero attached hydrogens (tertiary/aromatic N) is 3. The number of hydrogen-bond acceptors (Lipinski definition) is 6. The van der Waals surface area contributed by atoms with Crippen LogP contribution in [-0.4, -0.2) is 26.8 Å². The molecule has 0 amide bonds. The molecule has 0 fully saturated rings. The lowest BCUT2D eigenvalue weighted by Gasteiger charge is -2.10. The monoisotopic (exact) mass is 432 g/mol. The summed E-state index contributed by atoms with van der Waals surface area (Å²) in [5.74, 6) is -0.523. The van der Waals surface area contributed by atoms with E-state index < -0.39 is 17.9 Å². The fraction of sp³-hybridized carbons (Fsp3) is 0.150. The van der Waals surface area contributed by atoms with E-state index in [1.807, 2.05) is 6.08 Å². The quantitative estimate of drug-likeness (QED) is 0.431. The van der Waals surface area contributed by atoms with Crippen molar-refractivity contribution in [1.82, 2.24) is 20.4 Å². The van der Waals surface area contributed by atoms with Crippen LogP contribution in [0.3, 0.4) is 0 Å². The zero-order chi connectivity index (χ0) is 21.6. The van der Waals surface area contributed by atoms with Crippen molar-refractivity contribution < 1.29 is 31.5 Å². The van der Waals surface area contributed by atoms with Gasteiger partial charge < -0.3 is 13.9 Å². The molecule has 0 aliphatic heterocycles.